The van der Waals surface area contributed by atoms with Gasteiger partial charge in [0.15, 0.2) is 0 Å². The minimum Gasteiger partial charge on any atom is -0.488 e. The van der Waals surface area contributed by atoms with Crippen molar-refractivity contribution in [2.75, 3.05) is 11.5 Å². The number of benzene rings is 1. The van der Waals surface area contributed by atoms with Gasteiger partial charge >= 0.3 is 0 Å². The molecule has 3 fully saturated rings. The van der Waals surface area contributed by atoms with Crippen LogP contribution in [0.5, 0.6) is 5.75 Å². The van der Waals surface area contributed by atoms with Crippen LogP contribution in [0.2, 0.25) is 0 Å². The van der Waals surface area contributed by atoms with Crippen LogP contribution in [-0.2, 0) is 0 Å². The molecule has 9 unspecified atom stereocenters. The van der Waals surface area contributed by atoms with E-state index in [1.165, 1.54) is 50.5 Å². The number of anilines is 2. The fraction of sp³-hybridized carbons (Fsp3) is 0.730. The molecule has 3 heteroatoms. The van der Waals surface area contributed by atoms with Crippen LogP contribution in [-0.4, -0.2) is 6.10 Å². The molecule has 4 N–H and O–H groups in total. The molecule has 0 radical (unpaired) electrons. The van der Waals surface area contributed by atoms with Crippen molar-refractivity contribution in [3.05, 3.63) is 42.0 Å². The van der Waals surface area contributed by atoms with Crippen LogP contribution in [0, 0.1) is 46.3 Å². The molecular weight excluding hydrogens is 488 g/mol. The first-order valence-electron chi connectivity index (χ1n) is 16.7. The lowest BCUT2D eigenvalue weighted by Gasteiger charge is -2.59. The van der Waals surface area contributed by atoms with E-state index in [1.807, 2.05) is 45.9 Å². The summed E-state index contributed by atoms with van der Waals surface area (Å²) in [6.45, 7) is 20.3. The van der Waals surface area contributed by atoms with Gasteiger partial charge in [0.05, 0.1) is 11.8 Å². The monoisotopic (exact) mass is 550 g/mol. The number of ether oxygens (including phenoxy) is 1. The predicted octanol–water partition coefficient (Wildman–Crippen LogP) is 10.5. The second kappa shape index (κ2) is 13.8. The lowest BCUT2D eigenvalue weighted by molar-refractivity contribution is -0.0781. The van der Waals surface area contributed by atoms with Crippen LogP contribution in [0.3, 0.4) is 0 Å². The van der Waals surface area contributed by atoms with Crippen molar-refractivity contribution >= 4 is 11.4 Å². The summed E-state index contributed by atoms with van der Waals surface area (Å²) in [4.78, 5) is 0. The summed E-state index contributed by atoms with van der Waals surface area (Å²) in [5, 5.41) is 0. The topological polar surface area (TPSA) is 61.3 Å². The molecule has 0 heterocycles. The molecule has 40 heavy (non-hydrogen) atoms. The summed E-state index contributed by atoms with van der Waals surface area (Å²) >= 11 is 0. The fourth-order valence-corrected chi connectivity index (χ4v) is 9.35. The molecule has 4 aliphatic carbocycles. The van der Waals surface area contributed by atoms with Crippen LogP contribution >= 0.6 is 0 Å². The zero-order valence-electron chi connectivity index (χ0n) is 27.4. The van der Waals surface area contributed by atoms with Gasteiger partial charge in [0, 0.05) is 5.69 Å². The molecule has 4 aliphatic rings. The third-order valence-electron chi connectivity index (χ3n) is 11.4. The summed E-state index contributed by atoms with van der Waals surface area (Å²) in [6, 6.07) is 5.63. The minimum atomic E-state index is 0.238. The molecule has 3 nitrogen and oxygen atoms in total. The Balaban J connectivity index is 0.00000106. The molecule has 0 saturated heterocycles. The first-order valence-corrected chi connectivity index (χ1v) is 16.7. The van der Waals surface area contributed by atoms with Crippen molar-refractivity contribution in [2.24, 2.45) is 46.3 Å². The maximum absolute atomic E-state index is 6.43. The Hall–Kier alpha value is -1.90. The van der Waals surface area contributed by atoms with Crippen molar-refractivity contribution in [3.63, 3.8) is 0 Å². The maximum Gasteiger partial charge on any atom is 0.142 e. The van der Waals surface area contributed by atoms with Gasteiger partial charge in [-0.05, 0) is 136 Å². The molecule has 226 valence electrons. The highest BCUT2D eigenvalue weighted by Crippen LogP contribution is 2.67. The number of nitrogens with two attached hydrogens (primary N) is 2. The van der Waals surface area contributed by atoms with Crippen LogP contribution in [0.25, 0.3) is 0 Å². The fourth-order valence-electron chi connectivity index (χ4n) is 9.35. The van der Waals surface area contributed by atoms with E-state index < -0.39 is 0 Å². The number of hydrogen-bond donors (Lipinski definition) is 2. The highest BCUT2D eigenvalue weighted by molar-refractivity contribution is 5.60. The van der Waals surface area contributed by atoms with Crippen LogP contribution in [0.15, 0.2) is 42.0 Å². The van der Waals surface area contributed by atoms with Crippen molar-refractivity contribution in [1.29, 1.82) is 0 Å². The number of rotatable bonds is 6. The van der Waals surface area contributed by atoms with E-state index in [2.05, 4.69) is 52.8 Å². The van der Waals surface area contributed by atoms with Crippen molar-refractivity contribution in [2.45, 2.75) is 126 Å². The van der Waals surface area contributed by atoms with Gasteiger partial charge in [-0.2, -0.15) is 0 Å². The average molecular weight is 551 g/mol. The predicted molar refractivity (Wildman–Crippen MR) is 175 cm³/mol. The molecule has 3 saturated carbocycles. The van der Waals surface area contributed by atoms with Gasteiger partial charge < -0.3 is 16.2 Å². The first-order chi connectivity index (χ1) is 19.1. The van der Waals surface area contributed by atoms with Gasteiger partial charge in [0.1, 0.15) is 5.75 Å². The summed E-state index contributed by atoms with van der Waals surface area (Å²) < 4.78 is 6.43. The Kier molecular flexibility index (Phi) is 11.3. The Morgan fingerprint density at radius 2 is 1.62 bits per heavy atom. The van der Waals surface area contributed by atoms with Crippen LogP contribution < -0.4 is 16.2 Å². The summed E-state index contributed by atoms with van der Waals surface area (Å²) in [5.74, 6) is 5.58. The number of hydrogen-bond acceptors (Lipinski definition) is 3. The molecule has 9 atom stereocenters. The molecule has 0 amide bonds. The maximum atomic E-state index is 6.43. The van der Waals surface area contributed by atoms with Crippen LogP contribution in [0.4, 0.5) is 11.4 Å². The molecule has 5 rings (SSSR count). The second-order valence-corrected chi connectivity index (χ2v) is 13.7. The molecule has 0 spiro atoms. The Bertz CT molecular complexity index is 1010. The van der Waals surface area contributed by atoms with Gasteiger partial charge in [-0.15, -0.1) is 0 Å². The standard InChI is InChI=1S/C33H50N2O.2C2H6/c1-21(2)7-6-8-22(3)27-12-13-28-26-11-9-23-19-25(36-31-14-10-24(34)20-30(31)35)15-17-32(23,4)29(26)16-18-33(27,28)5;2*1-2/h7,9-11,14,20,22-23,25-29H,6,8,12-13,15-19,34-35H2,1-5H3;2*1-2H3. The van der Waals surface area contributed by atoms with E-state index in [4.69, 9.17) is 16.2 Å². The Morgan fingerprint density at radius 1 is 0.950 bits per heavy atom. The second-order valence-electron chi connectivity index (χ2n) is 13.7. The zero-order chi connectivity index (χ0) is 29.7. The highest BCUT2D eigenvalue weighted by atomic mass is 16.5. The molecule has 0 aliphatic heterocycles. The van der Waals surface area contributed by atoms with E-state index in [-0.39, 0.29) is 6.10 Å². The van der Waals surface area contributed by atoms with Gasteiger partial charge in [0.2, 0.25) is 0 Å². The average Bonchev–Trinajstić information content (AvgIpc) is 3.30. The lowest BCUT2D eigenvalue weighted by Crippen LogP contribution is -2.52. The SMILES string of the molecule is CC.CC.CC(C)=CCCC(C)C1CCC2C3C=CC4CC(Oc5ccc(N)cc5N)CCC4(C)C3CCC12C. The van der Waals surface area contributed by atoms with Crippen molar-refractivity contribution < 1.29 is 4.74 Å². The zero-order valence-corrected chi connectivity index (χ0v) is 27.4. The van der Waals surface area contributed by atoms with E-state index in [1.54, 1.807) is 0 Å². The smallest absolute Gasteiger partial charge is 0.142 e. The molecular formula is C37H62N2O. The quantitative estimate of drug-likeness (QED) is 0.273. The molecule has 1 aromatic carbocycles. The van der Waals surface area contributed by atoms with Gasteiger partial charge in [-0.3, -0.25) is 0 Å². The number of allylic oxidation sites excluding steroid dienone is 4. The summed E-state index contributed by atoms with van der Waals surface area (Å²) in [6.07, 6.45) is 19.7. The van der Waals surface area contributed by atoms with Crippen LogP contribution in [0.1, 0.15) is 120 Å². The van der Waals surface area contributed by atoms with E-state index in [9.17, 15) is 0 Å². The highest BCUT2D eigenvalue weighted by Gasteiger charge is 2.59. The Morgan fingerprint density at radius 3 is 2.30 bits per heavy atom. The summed E-state index contributed by atoms with van der Waals surface area (Å²) in [5.41, 5.74) is 15.8. The molecule has 1 aromatic rings. The van der Waals surface area contributed by atoms with Crippen molar-refractivity contribution in [1.82, 2.24) is 0 Å². The lowest BCUT2D eigenvalue weighted by atomic mass is 9.46. The van der Waals surface area contributed by atoms with Gasteiger partial charge in [0.25, 0.3) is 0 Å². The first kappa shape index (κ1) is 32.6. The molecule has 0 bridgehead atoms. The van der Waals surface area contributed by atoms with Gasteiger partial charge in [-0.1, -0.05) is 72.3 Å². The Labute approximate surface area is 247 Å². The third-order valence-corrected chi connectivity index (χ3v) is 11.4. The summed E-state index contributed by atoms with van der Waals surface area (Å²) in [7, 11) is 0. The normalized spacial score (nSPS) is 36.3. The minimum absolute atomic E-state index is 0.238. The van der Waals surface area contributed by atoms with E-state index >= 15 is 0 Å². The number of fused-ring (bicyclic) bond motifs is 5. The van der Waals surface area contributed by atoms with Gasteiger partial charge in [-0.25, -0.2) is 0 Å². The van der Waals surface area contributed by atoms with E-state index in [0.29, 0.717) is 28.1 Å². The molecule has 0 aromatic heterocycles. The largest absolute Gasteiger partial charge is 0.488 e. The number of nitrogen functional groups attached to an aromatic ring is 2. The third kappa shape index (κ3) is 6.44. The van der Waals surface area contributed by atoms with E-state index in [0.717, 1.165) is 48.2 Å². The van der Waals surface area contributed by atoms with Crippen molar-refractivity contribution in [3.8, 4) is 5.75 Å².